The van der Waals surface area contributed by atoms with Gasteiger partial charge >= 0.3 is 0 Å². The van der Waals surface area contributed by atoms with E-state index in [-0.39, 0.29) is 35.7 Å². The van der Waals surface area contributed by atoms with Crippen LogP contribution < -0.4 is 10.6 Å². The minimum atomic E-state index is -1.14. The van der Waals surface area contributed by atoms with Crippen molar-refractivity contribution in [1.82, 2.24) is 25.3 Å². The zero-order valence-electron chi connectivity index (χ0n) is 19.0. The molecule has 2 heterocycles. The van der Waals surface area contributed by atoms with Crippen LogP contribution >= 0.6 is 0 Å². The first kappa shape index (κ1) is 22.3. The summed E-state index contributed by atoms with van der Waals surface area (Å²) in [6.07, 6.45) is 0. The summed E-state index contributed by atoms with van der Waals surface area (Å²) in [5.74, 6) is -1.01. The van der Waals surface area contributed by atoms with Crippen LogP contribution in [0.15, 0.2) is 60.7 Å². The van der Waals surface area contributed by atoms with Crippen molar-refractivity contribution in [2.75, 3.05) is 7.05 Å². The van der Waals surface area contributed by atoms with Crippen LogP contribution in [0.5, 0.6) is 0 Å². The number of carbonyl (C=O) groups excluding carboxylic acids is 3. The molecular weight excluding hydrogens is 418 g/mol. The van der Waals surface area contributed by atoms with E-state index < -0.39 is 5.54 Å². The van der Waals surface area contributed by atoms with Gasteiger partial charge in [0.15, 0.2) is 5.69 Å². The fourth-order valence-corrected chi connectivity index (χ4v) is 3.90. The second kappa shape index (κ2) is 8.90. The summed E-state index contributed by atoms with van der Waals surface area (Å²) < 4.78 is 1.45. The smallest absolute Gasteiger partial charge is 0.272 e. The second-order valence-electron chi connectivity index (χ2n) is 8.55. The Morgan fingerprint density at radius 3 is 2.42 bits per heavy atom. The largest absolute Gasteiger partial charge is 0.350 e. The lowest BCUT2D eigenvalue weighted by atomic mass is 9.96. The zero-order chi connectivity index (χ0) is 23.6. The summed E-state index contributed by atoms with van der Waals surface area (Å²) in [5, 5.41) is 10.1. The van der Waals surface area contributed by atoms with Gasteiger partial charge < -0.3 is 15.5 Å². The minimum absolute atomic E-state index is 0.147. The van der Waals surface area contributed by atoms with Gasteiger partial charge in [-0.05, 0) is 25.0 Å². The number of likely N-dealkylation sites (N-methyl/N-ethyl adjacent to an activating group) is 1. The Balaban J connectivity index is 1.47. The highest BCUT2D eigenvalue weighted by atomic mass is 16.2. The lowest BCUT2D eigenvalue weighted by Gasteiger charge is -2.40. The van der Waals surface area contributed by atoms with E-state index in [4.69, 9.17) is 0 Å². The average Bonchev–Trinajstić information content (AvgIpc) is 3.24. The van der Waals surface area contributed by atoms with E-state index in [2.05, 4.69) is 15.7 Å². The third-order valence-corrected chi connectivity index (χ3v) is 6.05. The van der Waals surface area contributed by atoms with Crippen molar-refractivity contribution in [2.24, 2.45) is 0 Å². The van der Waals surface area contributed by atoms with Crippen molar-refractivity contribution in [1.29, 1.82) is 0 Å². The third kappa shape index (κ3) is 4.50. The quantitative estimate of drug-likeness (QED) is 0.608. The van der Waals surface area contributed by atoms with Crippen molar-refractivity contribution in [3.8, 4) is 0 Å². The standard InChI is InChI=1S/C25H27N5O3/c1-17-8-7-11-19(12-17)15-26-22(31)20-13-21-23(32)29(3)25(2,16-30(21)28-20)24(33)27-14-18-9-5-4-6-10-18/h4-13H,14-16H2,1-3H3,(H,26,31)(H,27,33)/t25-/m0/s1. The first-order valence-electron chi connectivity index (χ1n) is 10.8. The lowest BCUT2D eigenvalue weighted by molar-refractivity contribution is -0.132. The fourth-order valence-electron chi connectivity index (χ4n) is 3.90. The molecule has 0 spiro atoms. The number of hydrogen-bond donors (Lipinski definition) is 2. The van der Waals surface area contributed by atoms with Crippen LogP contribution in [0.1, 0.15) is 44.6 Å². The highest BCUT2D eigenvalue weighted by Gasteiger charge is 2.46. The summed E-state index contributed by atoms with van der Waals surface area (Å²) in [7, 11) is 1.60. The molecule has 8 heteroatoms. The number of benzene rings is 2. The predicted molar refractivity (Wildman–Crippen MR) is 123 cm³/mol. The van der Waals surface area contributed by atoms with E-state index in [1.165, 1.54) is 15.6 Å². The maximum atomic E-state index is 13.1. The Kier molecular flexibility index (Phi) is 6.00. The summed E-state index contributed by atoms with van der Waals surface area (Å²) in [4.78, 5) is 40.2. The molecule has 0 saturated heterocycles. The van der Waals surface area contributed by atoms with Crippen LogP contribution in [0, 0.1) is 6.92 Å². The lowest BCUT2D eigenvalue weighted by Crippen LogP contribution is -2.62. The van der Waals surface area contributed by atoms with Gasteiger partial charge in [0.25, 0.3) is 11.8 Å². The SMILES string of the molecule is Cc1cccc(CNC(=O)c2cc3n(n2)C[C@@](C)(C(=O)NCc2ccccc2)N(C)C3=O)c1. The van der Waals surface area contributed by atoms with Crippen LogP contribution in [0.4, 0.5) is 0 Å². The molecule has 8 nitrogen and oxygen atoms in total. The number of aromatic nitrogens is 2. The van der Waals surface area contributed by atoms with Crippen LogP contribution in [0.2, 0.25) is 0 Å². The van der Waals surface area contributed by atoms with Crippen LogP contribution in [0.3, 0.4) is 0 Å². The number of amides is 3. The maximum Gasteiger partial charge on any atom is 0.272 e. The average molecular weight is 446 g/mol. The van der Waals surface area contributed by atoms with Crippen molar-refractivity contribution < 1.29 is 14.4 Å². The molecule has 4 rings (SSSR count). The first-order chi connectivity index (χ1) is 15.8. The molecule has 0 saturated carbocycles. The summed E-state index contributed by atoms with van der Waals surface area (Å²) in [5.41, 5.74) is 2.34. The highest BCUT2D eigenvalue weighted by Crippen LogP contribution is 2.26. The molecule has 2 N–H and O–H groups in total. The second-order valence-corrected chi connectivity index (χ2v) is 8.55. The number of fused-ring (bicyclic) bond motifs is 1. The Morgan fingerprint density at radius 2 is 1.70 bits per heavy atom. The Labute approximate surface area is 192 Å². The molecule has 1 aromatic heterocycles. The van der Waals surface area contributed by atoms with Crippen molar-refractivity contribution >= 4 is 17.7 Å². The number of nitrogens with zero attached hydrogens (tertiary/aromatic N) is 3. The monoisotopic (exact) mass is 445 g/mol. The zero-order valence-corrected chi connectivity index (χ0v) is 19.0. The molecule has 33 heavy (non-hydrogen) atoms. The topological polar surface area (TPSA) is 96.3 Å². The van der Waals surface area contributed by atoms with E-state index in [0.717, 1.165) is 16.7 Å². The Bertz CT molecular complexity index is 1200. The normalized spacial score (nSPS) is 17.4. The van der Waals surface area contributed by atoms with Crippen molar-refractivity contribution in [3.63, 3.8) is 0 Å². The van der Waals surface area contributed by atoms with E-state index in [0.29, 0.717) is 13.1 Å². The van der Waals surface area contributed by atoms with Gasteiger partial charge in [-0.15, -0.1) is 0 Å². The van der Waals surface area contributed by atoms with Gasteiger partial charge in [0, 0.05) is 26.2 Å². The van der Waals surface area contributed by atoms with Crippen LogP contribution in [-0.4, -0.2) is 45.0 Å². The molecule has 1 aliphatic heterocycles. The minimum Gasteiger partial charge on any atom is -0.350 e. The molecule has 0 fully saturated rings. The number of carbonyl (C=O) groups is 3. The van der Waals surface area contributed by atoms with Gasteiger partial charge in [-0.2, -0.15) is 5.10 Å². The van der Waals surface area contributed by atoms with Gasteiger partial charge in [-0.3, -0.25) is 19.1 Å². The van der Waals surface area contributed by atoms with E-state index in [1.54, 1.807) is 14.0 Å². The Hall–Kier alpha value is -3.94. The molecule has 0 bridgehead atoms. The van der Waals surface area contributed by atoms with Gasteiger partial charge in [0.2, 0.25) is 5.91 Å². The van der Waals surface area contributed by atoms with Crippen molar-refractivity contribution in [2.45, 2.75) is 39.0 Å². The van der Waals surface area contributed by atoms with Gasteiger partial charge in [-0.1, -0.05) is 60.2 Å². The molecule has 2 aromatic carbocycles. The number of rotatable bonds is 6. The molecular formula is C25H27N5O3. The van der Waals surface area contributed by atoms with Crippen LogP contribution in [0.25, 0.3) is 0 Å². The third-order valence-electron chi connectivity index (χ3n) is 6.05. The van der Waals surface area contributed by atoms with E-state index in [9.17, 15) is 14.4 Å². The molecule has 0 radical (unpaired) electrons. The number of aryl methyl sites for hydroxylation is 1. The van der Waals surface area contributed by atoms with E-state index in [1.807, 2.05) is 61.5 Å². The van der Waals surface area contributed by atoms with Gasteiger partial charge in [0.05, 0.1) is 6.54 Å². The van der Waals surface area contributed by atoms with E-state index >= 15 is 0 Å². The maximum absolute atomic E-state index is 13.1. The molecule has 0 aliphatic carbocycles. The predicted octanol–water partition coefficient (Wildman–Crippen LogP) is 2.28. The van der Waals surface area contributed by atoms with Gasteiger partial charge in [-0.25, -0.2) is 0 Å². The summed E-state index contributed by atoms with van der Waals surface area (Å²) in [6, 6.07) is 18.9. The summed E-state index contributed by atoms with van der Waals surface area (Å²) in [6.45, 7) is 4.56. The fraction of sp³-hybridized carbons (Fsp3) is 0.280. The van der Waals surface area contributed by atoms with Gasteiger partial charge in [0.1, 0.15) is 11.2 Å². The Morgan fingerprint density at radius 1 is 1.00 bits per heavy atom. The first-order valence-corrected chi connectivity index (χ1v) is 10.8. The summed E-state index contributed by atoms with van der Waals surface area (Å²) >= 11 is 0. The number of nitrogens with one attached hydrogen (secondary N) is 2. The van der Waals surface area contributed by atoms with Crippen LogP contribution in [-0.2, 0) is 24.4 Å². The molecule has 1 aliphatic rings. The number of hydrogen-bond acceptors (Lipinski definition) is 4. The molecule has 1 atom stereocenters. The molecule has 0 unspecified atom stereocenters. The van der Waals surface area contributed by atoms with Crippen molar-refractivity contribution in [3.05, 3.63) is 88.7 Å². The molecule has 3 aromatic rings. The molecule has 170 valence electrons. The highest BCUT2D eigenvalue weighted by molar-refractivity contribution is 6.01. The molecule has 3 amide bonds.